The van der Waals surface area contributed by atoms with Gasteiger partial charge in [-0.1, -0.05) is 13.3 Å². The van der Waals surface area contributed by atoms with Crippen LogP contribution in [0.4, 0.5) is 0 Å². The molecule has 0 fully saturated rings. The number of unbranched alkanes of at least 4 members (excludes halogenated alkanes) is 2. The van der Waals surface area contributed by atoms with Gasteiger partial charge in [0.2, 0.25) is 6.33 Å². The van der Waals surface area contributed by atoms with Crippen molar-refractivity contribution in [3.8, 4) is 0 Å². The number of rotatable bonds is 4. The minimum atomic E-state index is 0.984. The average Bonchev–Trinajstić information content (AvgIpc) is 2.92. The highest BCUT2D eigenvalue weighted by molar-refractivity contribution is 6.19. The Morgan fingerprint density at radius 2 is 1.70 bits per heavy atom. The standard InChI is InChI=1S/C19H21N4/c1-3-4-5-12-23-13-22(2)18-14-8-6-10-20-16(14)17-15(19(18)23)9-7-11-21-17/h6-11,13H,3-5,12H2,1-2H3/q+1. The molecule has 0 unspecified atom stereocenters. The Kier molecular flexibility index (Phi) is 3.45. The van der Waals surface area contributed by atoms with Crippen molar-refractivity contribution in [2.45, 2.75) is 32.7 Å². The molecule has 116 valence electrons. The molecule has 0 aliphatic carbocycles. The summed E-state index contributed by atoms with van der Waals surface area (Å²) in [5, 5.41) is 2.36. The molecule has 0 spiro atoms. The molecule has 0 radical (unpaired) electrons. The van der Waals surface area contributed by atoms with Gasteiger partial charge in [-0.05, 0) is 37.1 Å². The van der Waals surface area contributed by atoms with Gasteiger partial charge in [-0.2, -0.15) is 0 Å². The second-order valence-corrected chi connectivity index (χ2v) is 6.12. The van der Waals surface area contributed by atoms with Crippen LogP contribution in [0.15, 0.2) is 43.0 Å². The maximum Gasteiger partial charge on any atom is 0.244 e. The van der Waals surface area contributed by atoms with Gasteiger partial charge in [0.05, 0.1) is 24.4 Å². The number of aryl methyl sites for hydroxylation is 2. The maximum absolute atomic E-state index is 4.62. The largest absolute Gasteiger partial charge is 0.254 e. The number of nitrogens with zero attached hydrogens (tertiary/aromatic N) is 4. The summed E-state index contributed by atoms with van der Waals surface area (Å²) < 4.78 is 4.60. The molecule has 0 saturated carbocycles. The van der Waals surface area contributed by atoms with Gasteiger partial charge in [0, 0.05) is 12.4 Å². The molecule has 0 amide bonds. The molecular weight excluding hydrogens is 284 g/mol. The van der Waals surface area contributed by atoms with E-state index in [1.165, 1.54) is 41.1 Å². The zero-order chi connectivity index (χ0) is 15.8. The van der Waals surface area contributed by atoms with E-state index >= 15 is 0 Å². The van der Waals surface area contributed by atoms with Gasteiger partial charge in [0.1, 0.15) is 11.0 Å². The highest BCUT2D eigenvalue weighted by Crippen LogP contribution is 2.31. The lowest BCUT2D eigenvalue weighted by Gasteiger charge is -2.04. The van der Waals surface area contributed by atoms with Gasteiger partial charge in [-0.15, -0.1) is 0 Å². The normalized spacial score (nSPS) is 11.7. The third-order valence-corrected chi connectivity index (χ3v) is 4.53. The van der Waals surface area contributed by atoms with Crippen LogP contribution in [0.5, 0.6) is 0 Å². The third kappa shape index (κ3) is 2.17. The van der Waals surface area contributed by atoms with E-state index in [-0.39, 0.29) is 0 Å². The van der Waals surface area contributed by atoms with E-state index in [1.807, 2.05) is 24.5 Å². The molecule has 0 N–H and O–H groups in total. The van der Waals surface area contributed by atoms with Crippen molar-refractivity contribution in [1.82, 2.24) is 14.5 Å². The Hall–Kier alpha value is -2.49. The molecule has 1 aromatic carbocycles. The Morgan fingerprint density at radius 3 is 2.43 bits per heavy atom. The van der Waals surface area contributed by atoms with Crippen LogP contribution in [-0.4, -0.2) is 14.5 Å². The quantitative estimate of drug-likeness (QED) is 0.327. The fourth-order valence-corrected chi connectivity index (χ4v) is 3.50. The lowest BCUT2D eigenvalue weighted by molar-refractivity contribution is -0.645. The monoisotopic (exact) mass is 305 g/mol. The van der Waals surface area contributed by atoms with Gasteiger partial charge < -0.3 is 0 Å². The van der Waals surface area contributed by atoms with Crippen molar-refractivity contribution in [2.75, 3.05) is 0 Å². The summed E-state index contributed by atoms with van der Waals surface area (Å²) >= 11 is 0. The average molecular weight is 305 g/mol. The zero-order valence-corrected chi connectivity index (χ0v) is 13.7. The van der Waals surface area contributed by atoms with Crippen LogP contribution < -0.4 is 4.57 Å². The molecule has 0 saturated heterocycles. The summed E-state index contributed by atoms with van der Waals surface area (Å²) in [7, 11) is 2.12. The van der Waals surface area contributed by atoms with E-state index in [4.69, 9.17) is 0 Å². The fourth-order valence-electron chi connectivity index (χ4n) is 3.50. The Morgan fingerprint density at radius 1 is 1.00 bits per heavy atom. The Balaban J connectivity index is 2.11. The molecule has 23 heavy (non-hydrogen) atoms. The van der Waals surface area contributed by atoms with E-state index < -0.39 is 0 Å². The Labute approximate surface area is 135 Å². The molecule has 0 aliphatic heterocycles. The molecule has 4 nitrogen and oxygen atoms in total. The van der Waals surface area contributed by atoms with Crippen molar-refractivity contribution in [1.29, 1.82) is 0 Å². The van der Waals surface area contributed by atoms with Crippen LogP contribution in [-0.2, 0) is 13.6 Å². The molecule has 4 heteroatoms. The number of hydrogen-bond acceptors (Lipinski definition) is 2. The van der Waals surface area contributed by atoms with E-state index in [0.29, 0.717) is 0 Å². The summed E-state index contributed by atoms with van der Waals surface area (Å²) in [4.78, 5) is 9.22. The van der Waals surface area contributed by atoms with Crippen molar-refractivity contribution in [3.63, 3.8) is 0 Å². The number of fused-ring (bicyclic) bond motifs is 6. The number of hydrogen-bond donors (Lipinski definition) is 0. The van der Waals surface area contributed by atoms with Crippen LogP contribution in [0.2, 0.25) is 0 Å². The SMILES string of the molecule is CCCCCn1c[n+](C)c2c3cccnc3c3ncccc3c21. The van der Waals surface area contributed by atoms with Crippen molar-refractivity contribution in [3.05, 3.63) is 43.0 Å². The number of imidazole rings is 1. The van der Waals surface area contributed by atoms with E-state index in [2.05, 4.69) is 51.5 Å². The van der Waals surface area contributed by atoms with E-state index in [0.717, 1.165) is 17.6 Å². The Bertz CT molecular complexity index is 1000. The first-order chi connectivity index (χ1) is 11.3. The molecule has 3 heterocycles. The van der Waals surface area contributed by atoms with Crippen molar-refractivity contribution >= 4 is 32.8 Å². The van der Waals surface area contributed by atoms with Crippen LogP contribution in [0.3, 0.4) is 0 Å². The lowest BCUT2D eigenvalue weighted by atomic mass is 10.1. The van der Waals surface area contributed by atoms with Crippen LogP contribution in [0.25, 0.3) is 32.8 Å². The van der Waals surface area contributed by atoms with Crippen LogP contribution >= 0.6 is 0 Å². The molecule has 3 aromatic heterocycles. The van der Waals surface area contributed by atoms with E-state index in [1.54, 1.807) is 0 Å². The molecule has 4 aromatic rings. The molecular formula is C19H21N4+. The summed E-state index contributed by atoms with van der Waals surface area (Å²) in [5.74, 6) is 0. The maximum atomic E-state index is 4.62. The number of aromatic nitrogens is 4. The highest BCUT2D eigenvalue weighted by Gasteiger charge is 2.21. The van der Waals surface area contributed by atoms with Crippen molar-refractivity contribution in [2.24, 2.45) is 7.05 Å². The minimum absolute atomic E-state index is 0.984. The zero-order valence-electron chi connectivity index (χ0n) is 13.7. The first kappa shape index (κ1) is 14.1. The van der Waals surface area contributed by atoms with Gasteiger partial charge in [-0.3, -0.25) is 9.97 Å². The first-order valence-corrected chi connectivity index (χ1v) is 8.31. The lowest BCUT2D eigenvalue weighted by Crippen LogP contribution is -2.25. The predicted molar refractivity (Wildman–Crippen MR) is 93.2 cm³/mol. The summed E-state index contributed by atoms with van der Waals surface area (Å²) in [5.41, 5.74) is 4.49. The fraction of sp³-hybridized carbons (Fsp3) is 0.316. The third-order valence-electron chi connectivity index (χ3n) is 4.53. The predicted octanol–water partition coefficient (Wildman–Crippen LogP) is 3.75. The van der Waals surface area contributed by atoms with Gasteiger partial charge in [0.25, 0.3) is 0 Å². The molecule has 0 bridgehead atoms. The first-order valence-electron chi connectivity index (χ1n) is 8.31. The molecule has 0 atom stereocenters. The smallest absolute Gasteiger partial charge is 0.244 e. The summed E-state index contributed by atoms with van der Waals surface area (Å²) in [6.07, 6.45) is 9.61. The van der Waals surface area contributed by atoms with E-state index in [9.17, 15) is 0 Å². The summed E-state index contributed by atoms with van der Waals surface area (Å²) in [6.45, 7) is 3.28. The van der Waals surface area contributed by atoms with Crippen molar-refractivity contribution < 1.29 is 4.57 Å². The second-order valence-electron chi connectivity index (χ2n) is 6.12. The minimum Gasteiger partial charge on any atom is -0.254 e. The summed E-state index contributed by atoms with van der Waals surface area (Å²) in [6, 6.07) is 8.33. The van der Waals surface area contributed by atoms with Crippen LogP contribution in [0, 0.1) is 0 Å². The molecule has 4 rings (SSSR count). The van der Waals surface area contributed by atoms with Gasteiger partial charge >= 0.3 is 0 Å². The number of pyridine rings is 2. The van der Waals surface area contributed by atoms with Gasteiger partial charge in [0.15, 0.2) is 11.0 Å². The number of benzene rings is 1. The second kappa shape index (κ2) is 5.61. The van der Waals surface area contributed by atoms with Gasteiger partial charge in [-0.25, -0.2) is 9.13 Å². The highest BCUT2D eigenvalue weighted by atomic mass is 15.1. The molecule has 0 aliphatic rings. The topological polar surface area (TPSA) is 34.6 Å². The van der Waals surface area contributed by atoms with Crippen LogP contribution in [0.1, 0.15) is 26.2 Å².